The molecule has 0 aromatic heterocycles. The van der Waals surface area contributed by atoms with Crippen molar-refractivity contribution in [3.8, 4) is 0 Å². The van der Waals surface area contributed by atoms with Gasteiger partial charge < -0.3 is 24.6 Å². The van der Waals surface area contributed by atoms with Crippen LogP contribution in [0.4, 0.5) is 9.59 Å². The Morgan fingerprint density at radius 1 is 1.09 bits per heavy atom. The molecule has 132 valence electrons. The third kappa shape index (κ3) is 5.89. The van der Waals surface area contributed by atoms with Crippen molar-refractivity contribution in [2.75, 3.05) is 45.9 Å². The number of piperidine rings is 1. The van der Waals surface area contributed by atoms with Crippen LogP contribution in [0, 0.1) is 5.92 Å². The third-order valence-electron chi connectivity index (χ3n) is 4.11. The van der Waals surface area contributed by atoms with Crippen LogP contribution in [-0.2, 0) is 9.47 Å². The van der Waals surface area contributed by atoms with Crippen LogP contribution in [0.25, 0.3) is 0 Å². The highest BCUT2D eigenvalue weighted by atomic mass is 16.6. The fraction of sp³-hybridized carbons (Fsp3) is 0.875. The number of hydrogen-bond donors (Lipinski definition) is 1. The first kappa shape index (κ1) is 17.8. The van der Waals surface area contributed by atoms with E-state index in [1.165, 1.54) is 0 Å². The summed E-state index contributed by atoms with van der Waals surface area (Å²) in [5.41, 5.74) is -0.458. The minimum absolute atomic E-state index is 0.0112. The van der Waals surface area contributed by atoms with E-state index in [0.717, 1.165) is 12.8 Å². The molecule has 2 aliphatic heterocycles. The Labute approximate surface area is 138 Å². The molecule has 0 spiro atoms. The van der Waals surface area contributed by atoms with Crippen LogP contribution in [0.2, 0.25) is 0 Å². The number of nitrogens with one attached hydrogen (secondary N) is 1. The van der Waals surface area contributed by atoms with Gasteiger partial charge in [0.2, 0.25) is 0 Å². The Morgan fingerprint density at radius 2 is 1.70 bits per heavy atom. The molecular weight excluding hydrogens is 298 g/mol. The summed E-state index contributed by atoms with van der Waals surface area (Å²) in [7, 11) is 0. The number of urea groups is 1. The summed E-state index contributed by atoms with van der Waals surface area (Å²) in [4.78, 5) is 27.6. The molecule has 0 aliphatic carbocycles. The van der Waals surface area contributed by atoms with Crippen LogP contribution in [0.5, 0.6) is 0 Å². The molecule has 2 aliphatic rings. The van der Waals surface area contributed by atoms with E-state index in [2.05, 4.69) is 5.32 Å². The molecule has 2 fully saturated rings. The molecule has 0 unspecified atom stereocenters. The van der Waals surface area contributed by atoms with E-state index in [4.69, 9.17) is 9.47 Å². The first-order valence-corrected chi connectivity index (χ1v) is 8.43. The lowest BCUT2D eigenvalue weighted by molar-refractivity contribution is 0.0183. The van der Waals surface area contributed by atoms with E-state index in [0.29, 0.717) is 51.9 Å². The number of likely N-dealkylation sites (tertiary alicyclic amines) is 1. The second-order valence-electron chi connectivity index (χ2n) is 7.20. The second kappa shape index (κ2) is 7.86. The normalized spacial score (nSPS) is 20.3. The van der Waals surface area contributed by atoms with Crippen LogP contribution < -0.4 is 5.32 Å². The van der Waals surface area contributed by atoms with Crippen LogP contribution in [0.3, 0.4) is 0 Å². The molecular formula is C16H29N3O4. The number of carbonyl (C=O) groups is 2. The van der Waals surface area contributed by atoms with Gasteiger partial charge >= 0.3 is 12.1 Å². The van der Waals surface area contributed by atoms with Crippen molar-refractivity contribution in [2.45, 2.75) is 39.2 Å². The highest BCUT2D eigenvalue weighted by Crippen LogP contribution is 2.19. The minimum Gasteiger partial charge on any atom is -0.444 e. The topological polar surface area (TPSA) is 71.1 Å². The molecule has 0 atom stereocenters. The number of amides is 3. The van der Waals surface area contributed by atoms with Gasteiger partial charge in [-0.25, -0.2) is 9.59 Å². The van der Waals surface area contributed by atoms with Crippen molar-refractivity contribution in [1.82, 2.24) is 15.1 Å². The Hall–Kier alpha value is -1.50. The smallest absolute Gasteiger partial charge is 0.410 e. The van der Waals surface area contributed by atoms with Gasteiger partial charge in [-0.2, -0.15) is 0 Å². The first-order valence-electron chi connectivity index (χ1n) is 8.43. The zero-order valence-corrected chi connectivity index (χ0v) is 14.5. The van der Waals surface area contributed by atoms with Crippen LogP contribution in [0.15, 0.2) is 0 Å². The van der Waals surface area contributed by atoms with E-state index in [-0.39, 0.29) is 12.1 Å². The largest absolute Gasteiger partial charge is 0.444 e. The lowest BCUT2D eigenvalue weighted by atomic mass is 9.97. The average molecular weight is 327 g/mol. The zero-order chi connectivity index (χ0) is 16.9. The summed E-state index contributed by atoms with van der Waals surface area (Å²) < 4.78 is 10.6. The molecule has 0 aromatic carbocycles. The van der Waals surface area contributed by atoms with Gasteiger partial charge in [-0.1, -0.05) is 0 Å². The first-order chi connectivity index (χ1) is 10.8. The summed E-state index contributed by atoms with van der Waals surface area (Å²) in [5.74, 6) is 0.415. The molecule has 0 saturated carbocycles. The van der Waals surface area contributed by atoms with E-state index in [1.807, 2.05) is 20.8 Å². The fourth-order valence-electron chi connectivity index (χ4n) is 2.76. The third-order valence-corrected chi connectivity index (χ3v) is 4.11. The summed E-state index contributed by atoms with van der Waals surface area (Å²) in [6.07, 6.45) is 1.54. The molecule has 0 bridgehead atoms. The standard InChI is InChI=1S/C16H29N3O4/c1-16(2,3)23-15(21)19-6-4-13(5-7-19)12-17-14(20)18-8-10-22-11-9-18/h13H,4-12H2,1-3H3,(H,17,20). The van der Waals surface area contributed by atoms with Gasteiger partial charge in [0, 0.05) is 32.7 Å². The van der Waals surface area contributed by atoms with Crippen molar-refractivity contribution in [3.05, 3.63) is 0 Å². The number of morpholine rings is 1. The molecule has 0 aromatic rings. The molecule has 1 N–H and O–H groups in total. The van der Waals surface area contributed by atoms with Gasteiger partial charge in [0.25, 0.3) is 0 Å². The maximum absolute atomic E-state index is 12.0. The van der Waals surface area contributed by atoms with Crippen molar-refractivity contribution in [2.24, 2.45) is 5.92 Å². The van der Waals surface area contributed by atoms with E-state index in [9.17, 15) is 9.59 Å². The van der Waals surface area contributed by atoms with E-state index in [1.54, 1.807) is 9.80 Å². The highest BCUT2D eigenvalue weighted by Gasteiger charge is 2.27. The predicted octanol–water partition coefficient (Wildman–Crippen LogP) is 1.68. The molecule has 2 heterocycles. The number of rotatable bonds is 2. The highest BCUT2D eigenvalue weighted by molar-refractivity contribution is 5.74. The monoisotopic (exact) mass is 327 g/mol. The number of carbonyl (C=O) groups excluding carboxylic acids is 2. The Balaban J connectivity index is 1.66. The zero-order valence-electron chi connectivity index (χ0n) is 14.5. The minimum atomic E-state index is -0.458. The number of hydrogen-bond acceptors (Lipinski definition) is 4. The Morgan fingerprint density at radius 3 is 2.26 bits per heavy atom. The Bertz CT molecular complexity index is 408. The summed E-state index contributed by atoms with van der Waals surface area (Å²) in [6, 6.07) is -0.0112. The predicted molar refractivity (Wildman–Crippen MR) is 86.3 cm³/mol. The van der Waals surface area contributed by atoms with Gasteiger partial charge in [-0.15, -0.1) is 0 Å². The SMILES string of the molecule is CC(C)(C)OC(=O)N1CCC(CNC(=O)N2CCOCC2)CC1. The van der Waals surface area contributed by atoms with Gasteiger partial charge in [0.05, 0.1) is 13.2 Å². The summed E-state index contributed by atoms with van der Waals surface area (Å²) in [6.45, 7) is 10.2. The van der Waals surface area contributed by atoms with Gasteiger partial charge in [-0.3, -0.25) is 0 Å². The van der Waals surface area contributed by atoms with Crippen molar-refractivity contribution < 1.29 is 19.1 Å². The summed E-state index contributed by atoms with van der Waals surface area (Å²) >= 11 is 0. The summed E-state index contributed by atoms with van der Waals surface area (Å²) in [5, 5.41) is 3.00. The van der Waals surface area contributed by atoms with E-state index >= 15 is 0 Å². The van der Waals surface area contributed by atoms with Crippen LogP contribution in [-0.4, -0.2) is 73.5 Å². The molecule has 23 heavy (non-hydrogen) atoms. The van der Waals surface area contributed by atoms with Crippen LogP contribution in [0.1, 0.15) is 33.6 Å². The maximum atomic E-state index is 12.0. The number of ether oxygens (including phenoxy) is 2. The van der Waals surface area contributed by atoms with Crippen molar-refractivity contribution >= 4 is 12.1 Å². The average Bonchev–Trinajstić information content (AvgIpc) is 2.52. The molecule has 0 radical (unpaired) electrons. The van der Waals surface area contributed by atoms with Gasteiger partial charge in [0.1, 0.15) is 5.60 Å². The second-order valence-corrected chi connectivity index (χ2v) is 7.20. The van der Waals surface area contributed by atoms with E-state index < -0.39 is 5.60 Å². The molecule has 7 heteroatoms. The maximum Gasteiger partial charge on any atom is 0.410 e. The molecule has 2 saturated heterocycles. The lowest BCUT2D eigenvalue weighted by Crippen LogP contribution is -2.48. The van der Waals surface area contributed by atoms with Crippen molar-refractivity contribution in [1.29, 1.82) is 0 Å². The van der Waals surface area contributed by atoms with Gasteiger partial charge in [0.15, 0.2) is 0 Å². The molecule has 7 nitrogen and oxygen atoms in total. The van der Waals surface area contributed by atoms with Gasteiger partial charge in [-0.05, 0) is 39.5 Å². The lowest BCUT2D eigenvalue weighted by Gasteiger charge is -2.34. The number of nitrogens with zero attached hydrogens (tertiary/aromatic N) is 2. The molecule has 3 amide bonds. The fourth-order valence-corrected chi connectivity index (χ4v) is 2.76. The molecule has 2 rings (SSSR count). The quantitative estimate of drug-likeness (QED) is 0.837. The Kier molecular flexibility index (Phi) is 6.10. The van der Waals surface area contributed by atoms with Crippen LogP contribution >= 0.6 is 0 Å². The van der Waals surface area contributed by atoms with Crippen molar-refractivity contribution in [3.63, 3.8) is 0 Å².